The maximum absolute atomic E-state index is 12.7. The van der Waals surface area contributed by atoms with Crippen molar-refractivity contribution in [3.8, 4) is 11.5 Å². The van der Waals surface area contributed by atoms with Gasteiger partial charge in [-0.05, 0) is 49.6 Å². The van der Waals surface area contributed by atoms with Crippen LogP contribution >= 0.6 is 0 Å². The molecule has 0 aliphatic heterocycles. The molecule has 6 nitrogen and oxygen atoms in total. The Kier molecular flexibility index (Phi) is 5.11. The lowest BCUT2D eigenvalue weighted by Gasteiger charge is -2.15. The van der Waals surface area contributed by atoms with Crippen LogP contribution in [0, 0.1) is 12.8 Å². The molecule has 0 spiro atoms. The largest absolute Gasteiger partial charge is 0.497 e. The lowest BCUT2D eigenvalue weighted by Crippen LogP contribution is -2.17. The molecule has 2 aromatic carbocycles. The first-order valence-electron chi connectivity index (χ1n) is 8.47. The van der Waals surface area contributed by atoms with E-state index in [-0.39, 0.29) is 17.7 Å². The molecule has 1 aliphatic rings. The molecule has 0 aromatic heterocycles. The lowest BCUT2D eigenvalue weighted by atomic mass is 10.1. The van der Waals surface area contributed by atoms with Crippen LogP contribution in [-0.2, 0) is 4.79 Å². The summed E-state index contributed by atoms with van der Waals surface area (Å²) in [5.74, 6) is 0.903. The first kappa shape index (κ1) is 17.8. The van der Waals surface area contributed by atoms with E-state index in [0.29, 0.717) is 28.4 Å². The Balaban J connectivity index is 1.80. The Morgan fingerprint density at radius 2 is 1.69 bits per heavy atom. The third-order valence-electron chi connectivity index (χ3n) is 4.44. The van der Waals surface area contributed by atoms with E-state index in [2.05, 4.69) is 10.6 Å². The summed E-state index contributed by atoms with van der Waals surface area (Å²) in [6.45, 7) is 1.86. The van der Waals surface area contributed by atoms with Crippen molar-refractivity contribution in [1.82, 2.24) is 0 Å². The number of hydrogen-bond acceptors (Lipinski definition) is 4. The van der Waals surface area contributed by atoms with Crippen molar-refractivity contribution in [1.29, 1.82) is 0 Å². The fourth-order valence-electron chi connectivity index (χ4n) is 2.66. The predicted molar refractivity (Wildman–Crippen MR) is 100 cm³/mol. The standard InChI is InChI=1S/C20H22N2O4/c1-12-16(21-19(23)13-7-8-13)5-4-6-17(12)22-20(24)15-10-9-14(25-2)11-18(15)26-3/h4-6,9-11,13H,7-8H2,1-3H3,(H,21,23)(H,22,24). The molecule has 6 heteroatoms. The zero-order valence-electron chi connectivity index (χ0n) is 15.1. The Morgan fingerprint density at radius 1 is 1.00 bits per heavy atom. The van der Waals surface area contributed by atoms with Crippen LogP contribution in [-0.4, -0.2) is 26.0 Å². The number of nitrogens with one attached hydrogen (secondary N) is 2. The highest BCUT2D eigenvalue weighted by atomic mass is 16.5. The van der Waals surface area contributed by atoms with Crippen LogP contribution in [0.3, 0.4) is 0 Å². The second-order valence-electron chi connectivity index (χ2n) is 6.26. The van der Waals surface area contributed by atoms with Gasteiger partial charge in [0.1, 0.15) is 11.5 Å². The van der Waals surface area contributed by atoms with Gasteiger partial charge in [-0.2, -0.15) is 0 Å². The quantitative estimate of drug-likeness (QED) is 0.831. The van der Waals surface area contributed by atoms with E-state index >= 15 is 0 Å². The summed E-state index contributed by atoms with van der Waals surface area (Å²) < 4.78 is 10.4. The summed E-state index contributed by atoms with van der Waals surface area (Å²) in [5.41, 5.74) is 2.56. The van der Waals surface area contributed by atoms with Crippen molar-refractivity contribution in [2.75, 3.05) is 24.9 Å². The highest BCUT2D eigenvalue weighted by Crippen LogP contribution is 2.32. The monoisotopic (exact) mass is 354 g/mol. The molecule has 3 rings (SSSR count). The lowest BCUT2D eigenvalue weighted by molar-refractivity contribution is -0.117. The summed E-state index contributed by atoms with van der Waals surface area (Å²) in [6.07, 6.45) is 1.89. The SMILES string of the molecule is COc1ccc(C(=O)Nc2cccc(NC(=O)C3CC3)c2C)c(OC)c1. The topological polar surface area (TPSA) is 76.7 Å². The third-order valence-corrected chi connectivity index (χ3v) is 4.44. The van der Waals surface area contributed by atoms with Gasteiger partial charge in [-0.25, -0.2) is 0 Å². The van der Waals surface area contributed by atoms with Crippen LogP contribution in [0.15, 0.2) is 36.4 Å². The molecule has 0 atom stereocenters. The molecule has 2 aromatic rings. The molecular weight excluding hydrogens is 332 g/mol. The molecular formula is C20H22N2O4. The van der Waals surface area contributed by atoms with E-state index in [9.17, 15) is 9.59 Å². The molecule has 1 fully saturated rings. The average Bonchev–Trinajstić information content (AvgIpc) is 3.49. The van der Waals surface area contributed by atoms with E-state index in [1.165, 1.54) is 7.11 Å². The van der Waals surface area contributed by atoms with E-state index < -0.39 is 0 Å². The van der Waals surface area contributed by atoms with E-state index in [1.807, 2.05) is 13.0 Å². The van der Waals surface area contributed by atoms with Gasteiger partial charge < -0.3 is 20.1 Å². The van der Waals surface area contributed by atoms with Gasteiger partial charge in [-0.15, -0.1) is 0 Å². The smallest absolute Gasteiger partial charge is 0.259 e. The van der Waals surface area contributed by atoms with Gasteiger partial charge in [-0.3, -0.25) is 9.59 Å². The number of amides is 2. The molecule has 1 saturated carbocycles. The van der Waals surface area contributed by atoms with Crippen molar-refractivity contribution in [3.05, 3.63) is 47.5 Å². The fourth-order valence-corrected chi connectivity index (χ4v) is 2.66. The summed E-state index contributed by atoms with van der Waals surface area (Å²) in [7, 11) is 3.06. The van der Waals surface area contributed by atoms with Crippen LogP contribution in [0.4, 0.5) is 11.4 Å². The zero-order chi connectivity index (χ0) is 18.7. The highest BCUT2D eigenvalue weighted by molar-refractivity contribution is 6.07. The Labute approximate surface area is 152 Å². The number of methoxy groups -OCH3 is 2. The minimum atomic E-state index is -0.293. The van der Waals surface area contributed by atoms with Crippen LogP contribution in [0.2, 0.25) is 0 Å². The molecule has 0 unspecified atom stereocenters. The molecule has 1 aliphatic carbocycles. The van der Waals surface area contributed by atoms with E-state index in [1.54, 1.807) is 37.4 Å². The molecule has 0 bridgehead atoms. The Morgan fingerprint density at radius 3 is 2.31 bits per heavy atom. The summed E-state index contributed by atoms with van der Waals surface area (Å²) in [5, 5.41) is 5.82. The number of benzene rings is 2. The fraction of sp³-hybridized carbons (Fsp3) is 0.300. The summed E-state index contributed by atoms with van der Waals surface area (Å²) >= 11 is 0. The van der Waals surface area contributed by atoms with Gasteiger partial charge in [0.2, 0.25) is 5.91 Å². The molecule has 2 N–H and O–H groups in total. The number of carbonyl (C=O) groups excluding carboxylic acids is 2. The van der Waals surface area contributed by atoms with E-state index in [0.717, 1.165) is 18.4 Å². The number of hydrogen-bond donors (Lipinski definition) is 2. The number of ether oxygens (including phenoxy) is 2. The van der Waals surface area contributed by atoms with Crippen molar-refractivity contribution in [2.45, 2.75) is 19.8 Å². The predicted octanol–water partition coefficient (Wildman–Crippen LogP) is 3.61. The van der Waals surface area contributed by atoms with Crippen LogP contribution in [0.25, 0.3) is 0 Å². The number of anilines is 2. The van der Waals surface area contributed by atoms with Gasteiger partial charge in [0.05, 0.1) is 19.8 Å². The first-order chi connectivity index (χ1) is 12.5. The summed E-state index contributed by atoms with van der Waals surface area (Å²) in [6, 6.07) is 10.5. The normalized spacial score (nSPS) is 13.0. The van der Waals surface area contributed by atoms with E-state index in [4.69, 9.17) is 9.47 Å². The van der Waals surface area contributed by atoms with Crippen molar-refractivity contribution in [2.24, 2.45) is 5.92 Å². The van der Waals surface area contributed by atoms with Crippen LogP contribution in [0.5, 0.6) is 11.5 Å². The van der Waals surface area contributed by atoms with Gasteiger partial charge in [0.15, 0.2) is 0 Å². The maximum atomic E-state index is 12.7. The zero-order valence-corrected chi connectivity index (χ0v) is 15.1. The van der Waals surface area contributed by atoms with Crippen LogP contribution < -0.4 is 20.1 Å². The highest BCUT2D eigenvalue weighted by Gasteiger charge is 2.30. The molecule has 26 heavy (non-hydrogen) atoms. The van der Waals surface area contributed by atoms with Crippen molar-refractivity contribution >= 4 is 23.2 Å². The Bertz CT molecular complexity index is 844. The second-order valence-corrected chi connectivity index (χ2v) is 6.26. The van der Waals surface area contributed by atoms with Crippen molar-refractivity contribution < 1.29 is 19.1 Å². The third kappa shape index (κ3) is 3.79. The van der Waals surface area contributed by atoms with Gasteiger partial charge in [0.25, 0.3) is 5.91 Å². The first-order valence-corrected chi connectivity index (χ1v) is 8.47. The minimum Gasteiger partial charge on any atom is -0.497 e. The van der Waals surface area contributed by atoms with Gasteiger partial charge >= 0.3 is 0 Å². The Hall–Kier alpha value is -3.02. The molecule has 0 radical (unpaired) electrons. The number of rotatable bonds is 6. The molecule has 2 amide bonds. The van der Waals surface area contributed by atoms with Crippen LogP contribution in [0.1, 0.15) is 28.8 Å². The average molecular weight is 354 g/mol. The molecule has 0 saturated heterocycles. The molecule has 136 valence electrons. The maximum Gasteiger partial charge on any atom is 0.259 e. The second kappa shape index (κ2) is 7.47. The minimum absolute atomic E-state index is 0.0356. The van der Waals surface area contributed by atoms with Crippen molar-refractivity contribution in [3.63, 3.8) is 0 Å². The summed E-state index contributed by atoms with van der Waals surface area (Å²) in [4.78, 5) is 24.7. The van der Waals surface area contributed by atoms with Gasteiger partial charge in [0, 0.05) is 23.4 Å². The molecule has 0 heterocycles. The van der Waals surface area contributed by atoms with Gasteiger partial charge in [-0.1, -0.05) is 6.07 Å². The number of carbonyl (C=O) groups is 2.